The van der Waals surface area contributed by atoms with E-state index in [0.717, 1.165) is 0 Å². The summed E-state index contributed by atoms with van der Waals surface area (Å²) in [6.07, 6.45) is 0. The SMILES string of the molecule is Nc1[nH]c(=O)c(C(=O)O)c(-c2c(F)c(F)cc(Cl)c2Cl)c1C(=O)O. The lowest BCUT2D eigenvalue weighted by Gasteiger charge is -2.15. The van der Waals surface area contributed by atoms with Crippen molar-refractivity contribution in [2.75, 3.05) is 5.73 Å². The van der Waals surface area contributed by atoms with Crippen molar-refractivity contribution in [1.29, 1.82) is 0 Å². The van der Waals surface area contributed by atoms with E-state index in [-0.39, 0.29) is 0 Å². The summed E-state index contributed by atoms with van der Waals surface area (Å²) in [6.45, 7) is 0. The topological polar surface area (TPSA) is 133 Å². The van der Waals surface area contributed by atoms with Crippen LogP contribution in [0.5, 0.6) is 0 Å². The number of benzene rings is 1. The number of pyridine rings is 1. The van der Waals surface area contributed by atoms with Gasteiger partial charge in [-0.05, 0) is 6.07 Å². The Labute approximate surface area is 141 Å². The molecule has 7 nitrogen and oxygen atoms in total. The second kappa shape index (κ2) is 6.10. The number of nitrogens with two attached hydrogens (primary N) is 1. The highest BCUT2D eigenvalue weighted by atomic mass is 35.5. The number of anilines is 1. The highest BCUT2D eigenvalue weighted by Crippen LogP contribution is 2.40. The predicted octanol–water partition coefficient (Wildman–Crippen LogP) is 2.61. The maximum Gasteiger partial charge on any atom is 0.342 e. The van der Waals surface area contributed by atoms with Crippen LogP contribution in [0.2, 0.25) is 10.0 Å². The predicted molar refractivity (Wildman–Crippen MR) is 80.8 cm³/mol. The first-order valence-electron chi connectivity index (χ1n) is 5.93. The number of aromatic carboxylic acids is 2. The van der Waals surface area contributed by atoms with Gasteiger partial charge < -0.3 is 20.9 Å². The molecule has 0 saturated carbocycles. The molecule has 0 aliphatic rings. The van der Waals surface area contributed by atoms with E-state index in [2.05, 4.69) is 0 Å². The minimum absolute atomic E-state index is 0.514. The summed E-state index contributed by atoms with van der Waals surface area (Å²) in [5.74, 6) is -7.66. The standard InChI is InChI=1S/C13H6Cl2F2N2O5/c14-2-1-3(16)9(17)5(8(2)15)4-6(12(21)22)10(18)19-11(20)7(4)13(23)24/h1H,(H,21,22)(H,23,24)(H3,18,19,20). The van der Waals surface area contributed by atoms with Crippen LogP contribution in [-0.2, 0) is 0 Å². The van der Waals surface area contributed by atoms with E-state index in [4.69, 9.17) is 28.9 Å². The number of hydrogen-bond acceptors (Lipinski definition) is 4. The van der Waals surface area contributed by atoms with Crippen molar-refractivity contribution in [3.63, 3.8) is 0 Å². The Morgan fingerprint density at radius 3 is 2.12 bits per heavy atom. The summed E-state index contributed by atoms with van der Waals surface area (Å²) in [4.78, 5) is 36.4. The van der Waals surface area contributed by atoms with Gasteiger partial charge in [-0.25, -0.2) is 18.4 Å². The first kappa shape index (κ1) is 17.7. The van der Waals surface area contributed by atoms with Crippen LogP contribution >= 0.6 is 23.2 Å². The first-order chi connectivity index (χ1) is 11.1. The lowest BCUT2D eigenvalue weighted by Crippen LogP contribution is -2.24. The number of carbonyl (C=O) groups is 2. The average Bonchev–Trinajstić information content (AvgIpc) is 2.44. The number of nitrogens with one attached hydrogen (secondary N) is 1. The van der Waals surface area contributed by atoms with Crippen LogP contribution in [0.3, 0.4) is 0 Å². The van der Waals surface area contributed by atoms with Gasteiger partial charge in [0.05, 0.1) is 10.0 Å². The fourth-order valence-electron chi connectivity index (χ4n) is 2.09. The molecule has 24 heavy (non-hydrogen) atoms. The minimum atomic E-state index is -1.90. The van der Waals surface area contributed by atoms with Crippen LogP contribution in [0, 0.1) is 11.6 Å². The Bertz CT molecular complexity index is 932. The summed E-state index contributed by atoms with van der Waals surface area (Å²) >= 11 is 11.4. The molecule has 0 unspecified atom stereocenters. The largest absolute Gasteiger partial charge is 0.478 e. The number of hydrogen-bond donors (Lipinski definition) is 4. The number of nitrogen functional groups attached to an aromatic ring is 1. The van der Waals surface area contributed by atoms with Gasteiger partial charge in [0.2, 0.25) is 0 Å². The maximum atomic E-state index is 14.2. The second-order valence-corrected chi connectivity index (χ2v) is 5.23. The molecule has 2 aromatic rings. The number of carboxylic acid groups (broad SMARTS) is 2. The molecule has 11 heteroatoms. The van der Waals surface area contributed by atoms with Crippen molar-refractivity contribution in [2.45, 2.75) is 0 Å². The van der Waals surface area contributed by atoms with Crippen LogP contribution < -0.4 is 11.3 Å². The van der Waals surface area contributed by atoms with E-state index in [1.165, 1.54) is 0 Å². The van der Waals surface area contributed by atoms with Crippen molar-refractivity contribution < 1.29 is 28.6 Å². The van der Waals surface area contributed by atoms with Crippen molar-refractivity contribution >= 4 is 41.0 Å². The number of H-pyrrole nitrogens is 1. The molecule has 0 radical (unpaired) electrons. The Balaban J connectivity index is 3.18. The highest BCUT2D eigenvalue weighted by Gasteiger charge is 2.31. The molecule has 0 amide bonds. The van der Waals surface area contributed by atoms with E-state index in [1.807, 2.05) is 4.98 Å². The van der Waals surface area contributed by atoms with Gasteiger partial charge in [-0.1, -0.05) is 23.2 Å². The van der Waals surface area contributed by atoms with E-state index in [9.17, 15) is 33.4 Å². The minimum Gasteiger partial charge on any atom is -0.478 e. The first-order valence-corrected chi connectivity index (χ1v) is 6.69. The van der Waals surface area contributed by atoms with Crippen molar-refractivity contribution in [2.24, 2.45) is 0 Å². The third-order valence-electron chi connectivity index (χ3n) is 3.03. The van der Waals surface area contributed by atoms with Gasteiger partial charge in [-0.2, -0.15) is 0 Å². The van der Waals surface area contributed by atoms with Crippen molar-refractivity contribution in [1.82, 2.24) is 4.98 Å². The molecule has 1 heterocycles. The molecular formula is C13H6Cl2F2N2O5. The maximum absolute atomic E-state index is 14.2. The molecule has 0 bridgehead atoms. The van der Waals surface area contributed by atoms with Crippen LogP contribution in [0.4, 0.5) is 14.6 Å². The highest BCUT2D eigenvalue weighted by molar-refractivity contribution is 6.44. The Morgan fingerprint density at radius 2 is 1.62 bits per heavy atom. The number of carboxylic acids is 2. The van der Waals surface area contributed by atoms with E-state index in [0.29, 0.717) is 6.07 Å². The third-order valence-corrected chi connectivity index (χ3v) is 3.82. The summed E-state index contributed by atoms with van der Waals surface area (Å²) in [5, 5.41) is 17.2. The molecule has 0 spiro atoms. The lowest BCUT2D eigenvalue weighted by atomic mass is 9.94. The molecule has 0 aliphatic carbocycles. The molecule has 1 aromatic carbocycles. The number of aromatic amines is 1. The quantitative estimate of drug-likeness (QED) is 0.606. The molecule has 0 saturated heterocycles. The second-order valence-electron chi connectivity index (χ2n) is 4.45. The van der Waals surface area contributed by atoms with Gasteiger partial charge >= 0.3 is 11.9 Å². The summed E-state index contributed by atoms with van der Waals surface area (Å²) in [6, 6.07) is 0.514. The summed E-state index contributed by atoms with van der Waals surface area (Å²) < 4.78 is 27.9. The van der Waals surface area contributed by atoms with Gasteiger partial charge in [-0.3, -0.25) is 4.79 Å². The van der Waals surface area contributed by atoms with Crippen LogP contribution in [0.15, 0.2) is 10.9 Å². The average molecular weight is 379 g/mol. The van der Waals surface area contributed by atoms with E-state index < -0.39 is 67.2 Å². The molecule has 126 valence electrons. The van der Waals surface area contributed by atoms with Crippen molar-refractivity contribution in [3.8, 4) is 11.1 Å². The summed E-state index contributed by atoms with van der Waals surface area (Å²) in [5.41, 5.74) is -0.0567. The smallest absolute Gasteiger partial charge is 0.342 e. The van der Waals surface area contributed by atoms with Gasteiger partial charge in [-0.15, -0.1) is 0 Å². The zero-order chi connectivity index (χ0) is 18.3. The Morgan fingerprint density at radius 1 is 1.08 bits per heavy atom. The number of rotatable bonds is 3. The molecular weight excluding hydrogens is 373 g/mol. The fraction of sp³-hybridized carbons (Fsp3) is 0. The zero-order valence-electron chi connectivity index (χ0n) is 11.3. The van der Waals surface area contributed by atoms with Gasteiger partial charge in [0.1, 0.15) is 16.9 Å². The van der Waals surface area contributed by atoms with Gasteiger partial charge in [0.15, 0.2) is 11.6 Å². The molecule has 2 rings (SSSR count). The monoisotopic (exact) mass is 378 g/mol. The fourth-order valence-corrected chi connectivity index (χ4v) is 2.51. The summed E-state index contributed by atoms with van der Waals surface area (Å²) in [7, 11) is 0. The van der Waals surface area contributed by atoms with Crippen LogP contribution in [0.25, 0.3) is 11.1 Å². The number of halogens is 4. The Hall–Kier alpha value is -2.65. The molecule has 0 atom stereocenters. The van der Waals surface area contributed by atoms with Crippen molar-refractivity contribution in [3.05, 3.63) is 49.2 Å². The van der Waals surface area contributed by atoms with Crippen LogP contribution in [-0.4, -0.2) is 27.1 Å². The zero-order valence-corrected chi connectivity index (χ0v) is 12.8. The third kappa shape index (κ3) is 2.68. The lowest BCUT2D eigenvalue weighted by molar-refractivity contribution is 0.0695. The van der Waals surface area contributed by atoms with Gasteiger partial charge in [0.25, 0.3) is 5.56 Å². The van der Waals surface area contributed by atoms with E-state index >= 15 is 0 Å². The molecule has 0 aliphatic heterocycles. The van der Waals surface area contributed by atoms with Crippen LogP contribution in [0.1, 0.15) is 20.7 Å². The normalized spacial score (nSPS) is 10.7. The Kier molecular flexibility index (Phi) is 4.50. The molecule has 0 fully saturated rings. The molecule has 1 aromatic heterocycles. The van der Waals surface area contributed by atoms with Gasteiger partial charge in [0, 0.05) is 11.1 Å². The molecule has 5 N–H and O–H groups in total. The van der Waals surface area contributed by atoms with E-state index in [1.54, 1.807) is 0 Å². The number of aromatic nitrogens is 1.